The smallest absolute Gasteiger partial charge is 0.136 e. The Morgan fingerprint density at radius 3 is 2.54 bits per heavy atom. The number of carbonyl (C=O) groups excluding carboxylic acids is 1. The van der Waals surface area contributed by atoms with Crippen LogP contribution in [0.3, 0.4) is 0 Å². The van der Waals surface area contributed by atoms with Gasteiger partial charge in [-0.2, -0.15) is 0 Å². The highest BCUT2D eigenvalue weighted by Crippen LogP contribution is 2.67. The second-order valence-corrected chi connectivity index (χ2v) is 10.7. The van der Waals surface area contributed by atoms with Crippen LogP contribution in [0.5, 0.6) is 0 Å². The second-order valence-electron chi connectivity index (χ2n) is 10.7. The first-order chi connectivity index (χ1) is 12.3. The number of Topliss-reactive ketones (excluding diaryl/α,β-unsaturated/α-hetero) is 1. The molecule has 4 saturated carbocycles. The molecule has 0 saturated heterocycles. The predicted octanol–water partition coefficient (Wildman–Crippen LogP) is 5.40. The van der Waals surface area contributed by atoms with Gasteiger partial charge in [0, 0.05) is 12.3 Å². The van der Waals surface area contributed by atoms with Crippen molar-refractivity contribution in [2.24, 2.45) is 46.3 Å². The molecule has 4 aliphatic carbocycles. The number of aliphatic hydroxyl groups is 1. The van der Waals surface area contributed by atoms with Crippen LogP contribution in [0.1, 0.15) is 78.6 Å². The van der Waals surface area contributed by atoms with Gasteiger partial charge in [0.15, 0.2) is 0 Å². The van der Waals surface area contributed by atoms with E-state index in [9.17, 15) is 9.90 Å². The van der Waals surface area contributed by atoms with Crippen LogP contribution in [-0.2, 0) is 4.79 Å². The van der Waals surface area contributed by atoms with Crippen molar-refractivity contribution in [2.45, 2.75) is 84.7 Å². The Balaban J connectivity index is 1.62. The summed E-state index contributed by atoms with van der Waals surface area (Å²) in [7, 11) is 0. The van der Waals surface area contributed by atoms with Crippen LogP contribution < -0.4 is 0 Å². The molecule has 0 bridgehead atoms. The van der Waals surface area contributed by atoms with Crippen molar-refractivity contribution in [3.63, 3.8) is 0 Å². The van der Waals surface area contributed by atoms with E-state index >= 15 is 0 Å². The highest BCUT2D eigenvalue weighted by molar-refractivity contribution is 5.83. The standard InChI is InChI=1S/C24H38O2/c1-5-21(25)15(2)17-9-10-18-16-14-22(26)20-8-6-7-12-23(20,3)19(16)11-13-24(17,18)4/h5,15-21,25H,1,6-14H2,2-4H3/t15-,16-,17+,18-,19-,20+,21-,23+,24+/m0/s1. The van der Waals surface area contributed by atoms with E-state index in [1.165, 1.54) is 44.9 Å². The monoisotopic (exact) mass is 358 g/mol. The Morgan fingerprint density at radius 1 is 1.08 bits per heavy atom. The van der Waals surface area contributed by atoms with E-state index in [0.717, 1.165) is 18.8 Å². The summed E-state index contributed by atoms with van der Waals surface area (Å²) in [6.07, 6.45) is 12.2. The third kappa shape index (κ3) is 2.50. The molecule has 0 aromatic rings. The lowest BCUT2D eigenvalue weighted by molar-refractivity contribution is -0.154. The van der Waals surface area contributed by atoms with Gasteiger partial charge in [-0.25, -0.2) is 0 Å². The van der Waals surface area contributed by atoms with E-state index in [0.29, 0.717) is 34.9 Å². The predicted molar refractivity (Wildman–Crippen MR) is 106 cm³/mol. The number of fused-ring (bicyclic) bond motifs is 5. The Kier molecular flexibility index (Phi) is 4.66. The maximum absolute atomic E-state index is 13.1. The Labute approximate surface area is 159 Å². The maximum atomic E-state index is 13.1. The zero-order chi connectivity index (χ0) is 18.7. The molecule has 146 valence electrons. The van der Waals surface area contributed by atoms with E-state index in [-0.39, 0.29) is 11.3 Å². The van der Waals surface area contributed by atoms with Crippen molar-refractivity contribution in [3.05, 3.63) is 12.7 Å². The van der Waals surface area contributed by atoms with Gasteiger partial charge in [0.25, 0.3) is 0 Å². The van der Waals surface area contributed by atoms with E-state index in [2.05, 4.69) is 27.4 Å². The molecule has 0 unspecified atom stereocenters. The van der Waals surface area contributed by atoms with Crippen molar-refractivity contribution < 1.29 is 9.90 Å². The van der Waals surface area contributed by atoms with Crippen LogP contribution in [0.15, 0.2) is 12.7 Å². The zero-order valence-corrected chi connectivity index (χ0v) is 17.0. The summed E-state index contributed by atoms with van der Waals surface area (Å²) >= 11 is 0. The summed E-state index contributed by atoms with van der Waals surface area (Å²) in [4.78, 5) is 13.1. The first kappa shape index (κ1) is 18.7. The molecule has 9 atom stereocenters. The highest BCUT2D eigenvalue weighted by atomic mass is 16.3. The van der Waals surface area contributed by atoms with Crippen LogP contribution in [0.4, 0.5) is 0 Å². The first-order valence-corrected chi connectivity index (χ1v) is 11.2. The fourth-order valence-electron chi connectivity index (χ4n) is 8.45. The molecule has 0 aliphatic heterocycles. The average Bonchev–Trinajstić information content (AvgIpc) is 2.97. The number of hydrogen-bond acceptors (Lipinski definition) is 2. The van der Waals surface area contributed by atoms with Gasteiger partial charge < -0.3 is 5.11 Å². The molecule has 4 fully saturated rings. The van der Waals surface area contributed by atoms with Gasteiger partial charge >= 0.3 is 0 Å². The van der Waals surface area contributed by atoms with Gasteiger partial charge in [0.05, 0.1) is 6.10 Å². The van der Waals surface area contributed by atoms with E-state index < -0.39 is 6.10 Å². The van der Waals surface area contributed by atoms with Crippen molar-refractivity contribution in [1.82, 2.24) is 0 Å². The van der Waals surface area contributed by atoms with Crippen molar-refractivity contribution in [2.75, 3.05) is 0 Å². The molecule has 0 amide bonds. The third-order valence-corrected chi connectivity index (χ3v) is 9.85. The maximum Gasteiger partial charge on any atom is 0.136 e. The summed E-state index contributed by atoms with van der Waals surface area (Å²) < 4.78 is 0. The molecule has 2 heteroatoms. The third-order valence-electron chi connectivity index (χ3n) is 9.85. The van der Waals surface area contributed by atoms with E-state index in [1.807, 2.05) is 0 Å². The number of hydrogen-bond donors (Lipinski definition) is 1. The molecule has 1 N–H and O–H groups in total. The molecule has 2 nitrogen and oxygen atoms in total. The van der Waals surface area contributed by atoms with Crippen LogP contribution in [-0.4, -0.2) is 17.0 Å². The van der Waals surface area contributed by atoms with Crippen LogP contribution in [0.2, 0.25) is 0 Å². The summed E-state index contributed by atoms with van der Waals surface area (Å²) in [5.74, 6) is 3.79. The molecule has 26 heavy (non-hydrogen) atoms. The fraction of sp³-hybridized carbons (Fsp3) is 0.875. The minimum atomic E-state index is -0.401. The summed E-state index contributed by atoms with van der Waals surface area (Å²) in [5.41, 5.74) is 0.562. The van der Waals surface area contributed by atoms with Crippen molar-refractivity contribution in [1.29, 1.82) is 0 Å². The number of aliphatic hydroxyl groups excluding tert-OH is 1. The lowest BCUT2D eigenvalue weighted by atomic mass is 9.44. The molecule has 0 heterocycles. The molecule has 0 aromatic heterocycles. The number of ketones is 1. The molecule has 0 aromatic carbocycles. The number of carbonyl (C=O) groups is 1. The molecular weight excluding hydrogens is 320 g/mol. The lowest BCUT2D eigenvalue weighted by Crippen LogP contribution is -2.56. The Hall–Kier alpha value is -0.630. The minimum absolute atomic E-state index is 0.268. The normalized spacial score (nSPS) is 50.3. The van der Waals surface area contributed by atoms with Crippen LogP contribution >= 0.6 is 0 Å². The van der Waals surface area contributed by atoms with Gasteiger partial charge in [-0.1, -0.05) is 39.7 Å². The SMILES string of the molecule is C=C[C@H](O)[C@@H](C)[C@H]1CC[C@H]2[C@@H]3CC(=O)[C@H]4CCCC[C@]4(C)[C@H]3CC[C@]12C. The van der Waals surface area contributed by atoms with Gasteiger partial charge in [-0.05, 0) is 78.9 Å². The van der Waals surface area contributed by atoms with Crippen molar-refractivity contribution >= 4 is 5.78 Å². The largest absolute Gasteiger partial charge is 0.389 e. The summed E-state index contributed by atoms with van der Waals surface area (Å²) in [5, 5.41) is 10.4. The Bertz CT molecular complexity index is 583. The molecule has 4 aliphatic rings. The number of rotatable bonds is 3. The van der Waals surface area contributed by atoms with Crippen LogP contribution in [0.25, 0.3) is 0 Å². The molecule has 0 radical (unpaired) electrons. The second kappa shape index (κ2) is 6.47. The lowest BCUT2D eigenvalue weighted by Gasteiger charge is -2.60. The van der Waals surface area contributed by atoms with Crippen LogP contribution in [0, 0.1) is 46.3 Å². The zero-order valence-electron chi connectivity index (χ0n) is 17.0. The van der Waals surface area contributed by atoms with Gasteiger partial charge in [0.2, 0.25) is 0 Å². The summed E-state index contributed by atoms with van der Waals surface area (Å²) in [6.45, 7) is 11.0. The van der Waals surface area contributed by atoms with Gasteiger partial charge in [-0.15, -0.1) is 6.58 Å². The topological polar surface area (TPSA) is 37.3 Å². The van der Waals surface area contributed by atoms with E-state index in [1.54, 1.807) is 6.08 Å². The van der Waals surface area contributed by atoms with E-state index in [4.69, 9.17) is 0 Å². The fourth-order valence-corrected chi connectivity index (χ4v) is 8.45. The molecule has 0 spiro atoms. The molecular formula is C24H38O2. The van der Waals surface area contributed by atoms with Gasteiger partial charge in [-0.3, -0.25) is 4.79 Å². The highest BCUT2D eigenvalue weighted by Gasteiger charge is 2.62. The van der Waals surface area contributed by atoms with Gasteiger partial charge in [0.1, 0.15) is 5.78 Å². The van der Waals surface area contributed by atoms with Crippen molar-refractivity contribution in [3.8, 4) is 0 Å². The first-order valence-electron chi connectivity index (χ1n) is 11.2. The quantitative estimate of drug-likeness (QED) is 0.686. The Morgan fingerprint density at radius 2 is 1.81 bits per heavy atom. The minimum Gasteiger partial charge on any atom is -0.389 e. The molecule has 4 rings (SSSR count). The average molecular weight is 359 g/mol. The summed E-state index contributed by atoms with van der Waals surface area (Å²) in [6, 6.07) is 0.